The Morgan fingerprint density at radius 3 is 2.50 bits per heavy atom. The molecule has 1 fully saturated rings. The first kappa shape index (κ1) is 12.1. The highest BCUT2D eigenvalue weighted by Gasteiger charge is 2.44. The number of benzene rings is 1. The van der Waals surface area contributed by atoms with Crippen molar-refractivity contribution in [2.45, 2.75) is 37.2 Å². The standard InChI is InChI=1S/C12H13ClO4S/c13-18(14,15)8-9-3-4-10-11(7-9)17-12(16-10)5-1-2-6-12/h3-4,7H,1-2,5-6,8H2. The second kappa shape index (κ2) is 4.03. The maximum absolute atomic E-state index is 11.0. The van der Waals surface area contributed by atoms with Crippen molar-refractivity contribution in [3.8, 4) is 11.5 Å². The van der Waals surface area contributed by atoms with Crippen molar-refractivity contribution in [3.05, 3.63) is 23.8 Å². The van der Waals surface area contributed by atoms with Crippen molar-refractivity contribution < 1.29 is 17.9 Å². The van der Waals surface area contributed by atoms with Crippen LogP contribution in [0.4, 0.5) is 0 Å². The summed E-state index contributed by atoms with van der Waals surface area (Å²) >= 11 is 0. The van der Waals surface area contributed by atoms with Crippen LogP contribution in [0.3, 0.4) is 0 Å². The van der Waals surface area contributed by atoms with Gasteiger partial charge in [0.1, 0.15) is 0 Å². The lowest BCUT2D eigenvalue weighted by Gasteiger charge is -2.21. The number of halogens is 1. The minimum absolute atomic E-state index is 0.196. The number of hydrogen-bond donors (Lipinski definition) is 0. The van der Waals surface area contributed by atoms with Crippen molar-refractivity contribution in [1.82, 2.24) is 0 Å². The predicted octanol–water partition coefficient (Wildman–Crippen LogP) is 2.80. The van der Waals surface area contributed by atoms with Crippen LogP contribution in [0.15, 0.2) is 18.2 Å². The summed E-state index contributed by atoms with van der Waals surface area (Å²) in [7, 11) is 1.69. The lowest BCUT2D eigenvalue weighted by Crippen LogP contribution is -2.34. The third-order valence-electron chi connectivity index (χ3n) is 3.30. The SMILES string of the molecule is O=S(=O)(Cl)Cc1ccc2c(c1)OC1(CCCC1)O2. The van der Waals surface area contributed by atoms with Gasteiger partial charge >= 0.3 is 0 Å². The molecule has 0 bridgehead atoms. The van der Waals surface area contributed by atoms with E-state index in [4.69, 9.17) is 20.2 Å². The van der Waals surface area contributed by atoms with Crippen molar-refractivity contribution in [3.63, 3.8) is 0 Å². The number of ether oxygens (including phenoxy) is 2. The van der Waals surface area contributed by atoms with Crippen LogP contribution < -0.4 is 9.47 Å². The van der Waals surface area contributed by atoms with Gasteiger partial charge < -0.3 is 9.47 Å². The van der Waals surface area contributed by atoms with Crippen molar-refractivity contribution in [2.75, 3.05) is 0 Å². The van der Waals surface area contributed by atoms with Crippen LogP contribution in [-0.4, -0.2) is 14.2 Å². The average Bonchev–Trinajstić information content (AvgIpc) is 2.82. The summed E-state index contributed by atoms with van der Waals surface area (Å²) in [6.07, 6.45) is 3.95. The van der Waals surface area contributed by atoms with E-state index >= 15 is 0 Å². The first-order valence-corrected chi connectivity index (χ1v) is 8.37. The molecule has 98 valence electrons. The van der Waals surface area contributed by atoms with Gasteiger partial charge in [-0.3, -0.25) is 0 Å². The normalized spacial score (nSPS) is 20.5. The fraction of sp³-hybridized carbons (Fsp3) is 0.500. The molecule has 0 N–H and O–H groups in total. The number of rotatable bonds is 2. The number of fused-ring (bicyclic) bond motifs is 1. The highest BCUT2D eigenvalue weighted by Crippen LogP contribution is 2.46. The van der Waals surface area contributed by atoms with Gasteiger partial charge in [-0.25, -0.2) is 8.42 Å². The summed E-state index contributed by atoms with van der Waals surface area (Å²) in [5, 5.41) is 0. The summed E-state index contributed by atoms with van der Waals surface area (Å²) in [5.41, 5.74) is 0.613. The molecule has 1 aromatic carbocycles. The third kappa shape index (κ3) is 2.29. The maximum atomic E-state index is 11.0. The Labute approximate surface area is 110 Å². The van der Waals surface area contributed by atoms with Crippen LogP contribution >= 0.6 is 10.7 Å². The molecule has 0 radical (unpaired) electrons. The molecule has 1 aliphatic carbocycles. The van der Waals surface area contributed by atoms with Gasteiger partial charge in [-0.05, 0) is 30.5 Å². The topological polar surface area (TPSA) is 52.6 Å². The van der Waals surface area contributed by atoms with E-state index in [-0.39, 0.29) is 5.75 Å². The molecule has 2 aliphatic rings. The van der Waals surface area contributed by atoms with Crippen molar-refractivity contribution in [1.29, 1.82) is 0 Å². The Bertz CT molecular complexity index is 576. The van der Waals surface area contributed by atoms with E-state index in [0.717, 1.165) is 25.7 Å². The van der Waals surface area contributed by atoms with Gasteiger partial charge in [0.25, 0.3) is 5.79 Å². The van der Waals surface area contributed by atoms with Crippen LogP contribution in [0.1, 0.15) is 31.2 Å². The Balaban J connectivity index is 1.86. The summed E-state index contributed by atoms with van der Waals surface area (Å²) < 4.78 is 33.8. The highest BCUT2D eigenvalue weighted by molar-refractivity contribution is 8.13. The molecular formula is C12H13ClO4S. The third-order valence-corrected chi connectivity index (χ3v) is 4.31. The van der Waals surface area contributed by atoms with Gasteiger partial charge in [-0.1, -0.05) is 6.07 Å². The molecule has 0 unspecified atom stereocenters. The van der Waals surface area contributed by atoms with Gasteiger partial charge in [0.05, 0.1) is 5.75 Å². The average molecular weight is 289 g/mol. The Morgan fingerprint density at radius 2 is 1.83 bits per heavy atom. The van der Waals surface area contributed by atoms with Crippen LogP contribution in [0.25, 0.3) is 0 Å². The highest BCUT2D eigenvalue weighted by atomic mass is 35.7. The smallest absolute Gasteiger partial charge is 0.251 e. The molecule has 0 amide bonds. The fourth-order valence-electron chi connectivity index (χ4n) is 2.54. The van der Waals surface area contributed by atoms with Gasteiger partial charge in [0.2, 0.25) is 9.05 Å². The monoisotopic (exact) mass is 288 g/mol. The van der Waals surface area contributed by atoms with E-state index in [0.29, 0.717) is 17.1 Å². The van der Waals surface area contributed by atoms with E-state index in [9.17, 15) is 8.42 Å². The molecule has 1 aromatic rings. The second-order valence-electron chi connectivity index (χ2n) is 4.79. The molecule has 3 rings (SSSR count). The minimum atomic E-state index is -3.55. The molecule has 1 saturated carbocycles. The maximum Gasteiger partial charge on any atom is 0.251 e. The van der Waals surface area contributed by atoms with E-state index in [2.05, 4.69) is 0 Å². The zero-order valence-electron chi connectivity index (χ0n) is 9.69. The molecule has 18 heavy (non-hydrogen) atoms. The molecule has 0 aromatic heterocycles. The fourth-order valence-corrected chi connectivity index (χ4v) is 3.50. The van der Waals surface area contributed by atoms with E-state index in [1.165, 1.54) is 0 Å². The van der Waals surface area contributed by atoms with Crippen molar-refractivity contribution >= 4 is 19.7 Å². The van der Waals surface area contributed by atoms with Gasteiger partial charge in [-0.2, -0.15) is 0 Å². The van der Waals surface area contributed by atoms with Gasteiger partial charge in [0.15, 0.2) is 11.5 Å². The van der Waals surface area contributed by atoms with Gasteiger partial charge in [0, 0.05) is 23.5 Å². The van der Waals surface area contributed by atoms with E-state index in [1.54, 1.807) is 18.2 Å². The second-order valence-corrected chi connectivity index (χ2v) is 7.56. The Kier molecular flexibility index (Phi) is 2.71. The lowest BCUT2D eigenvalue weighted by molar-refractivity contribution is -0.0716. The number of hydrogen-bond acceptors (Lipinski definition) is 4. The predicted molar refractivity (Wildman–Crippen MR) is 67.4 cm³/mol. The van der Waals surface area contributed by atoms with Crippen LogP contribution in [0.5, 0.6) is 11.5 Å². The van der Waals surface area contributed by atoms with Crippen LogP contribution in [-0.2, 0) is 14.8 Å². The summed E-state index contributed by atoms with van der Waals surface area (Å²) in [6, 6.07) is 5.15. The molecule has 0 atom stereocenters. The van der Waals surface area contributed by atoms with Crippen molar-refractivity contribution in [2.24, 2.45) is 0 Å². The summed E-state index contributed by atoms with van der Waals surface area (Å²) in [5.74, 6) is 0.598. The first-order valence-electron chi connectivity index (χ1n) is 5.89. The largest absolute Gasteiger partial charge is 0.448 e. The van der Waals surface area contributed by atoms with Gasteiger partial charge in [-0.15, -0.1) is 0 Å². The molecular weight excluding hydrogens is 276 g/mol. The Hall–Kier alpha value is -0.940. The molecule has 6 heteroatoms. The van der Waals surface area contributed by atoms with Crippen LogP contribution in [0.2, 0.25) is 0 Å². The zero-order chi connectivity index (χ0) is 12.8. The van der Waals surface area contributed by atoms with E-state index < -0.39 is 14.8 Å². The molecule has 4 nitrogen and oxygen atoms in total. The van der Waals surface area contributed by atoms with Crippen LogP contribution in [0, 0.1) is 0 Å². The minimum Gasteiger partial charge on any atom is -0.448 e. The summed E-state index contributed by atoms with van der Waals surface area (Å²) in [4.78, 5) is 0. The first-order chi connectivity index (χ1) is 8.46. The molecule has 1 spiro atoms. The molecule has 0 saturated heterocycles. The zero-order valence-corrected chi connectivity index (χ0v) is 11.3. The lowest BCUT2D eigenvalue weighted by atomic mass is 10.2. The quantitative estimate of drug-likeness (QED) is 0.785. The Morgan fingerprint density at radius 1 is 1.17 bits per heavy atom. The molecule has 1 aliphatic heterocycles. The molecule has 1 heterocycles. The van der Waals surface area contributed by atoms with E-state index in [1.807, 2.05) is 0 Å². The summed E-state index contributed by atoms with van der Waals surface area (Å²) in [6.45, 7) is 0.